The summed E-state index contributed by atoms with van der Waals surface area (Å²) in [5.74, 6) is -8.00. The van der Waals surface area contributed by atoms with Crippen molar-refractivity contribution in [2.24, 2.45) is 4.99 Å². The van der Waals surface area contributed by atoms with Crippen LogP contribution in [0.3, 0.4) is 0 Å². The maximum atomic E-state index is 14.2. The predicted molar refractivity (Wildman–Crippen MR) is 101 cm³/mol. The summed E-state index contributed by atoms with van der Waals surface area (Å²) >= 11 is 11.1. The Balaban J connectivity index is 2.89. The highest BCUT2D eigenvalue weighted by atomic mass is 35.5. The predicted octanol–water partition coefficient (Wildman–Crippen LogP) is 5.42. The topological polar surface area (TPSA) is 92.7 Å². The molecule has 1 N–H and O–H groups in total. The number of carbonyl (C=O) groups excluding carboxylic acids is 2. The summed E-state index contributed by atoms with van der Waals surface area (Å²) in [4.78, 5) is 25.7. The number of isocyanates is 1. The molecule has 178 valence electrons. The molecule has 0 unspecified atom stereocenters. The lowest BCUT2D eigenvalue weighted by atomic mass is 10.0. The molecule has 2 aromatic rings. The van der Waals surface area contributed by atoms with Crippen molar-refractivity contribution in [3.63, 3.8) is 0 Å². The molecular weight excluding hydrogens is 532 g/mol. The lowest BCUT2D eigenvalue weighted by molar-refractivity contribution is -0.332. The van der Waals surface area contributed by atoms with Crippen LogP contribution in [0.1, 0.15) is 10.4 Å². The van der Waals surface area contributed by atoms with Crippen molar-refractivity contribution in [2.45, 2.75) is 22.2 Å². The van der Waals surface area contributed by atoms with Gasteiger partial charge in [-0.3, -0.25) is 9.63 Å². The van der Waals surface area contributed by atoms with Crippen LogP contribution in [0.25, 0.3) is 11.1 Å². The molecule has 2 aromatic carbocycles. The van der Waals surface area contributed by atoms with Crippen LogP contribution in [0, 0.1) is 0 Å². The Kier molecular flexibility index (Phi) is 7.20. The fraction of sp³-hybridized carbons (Fsp3) is 0.176. The first-order chi connectivity index (χ1) is 15.1. The van der Waals surface area contributed by atoms with Gasteiger partial charge in [0.2, 0.25) is 6.08 Å². The molecule has 0 aliphatic heterocycles. The molecule has 0 fully saturated rings. The number of carbonyl (C=O) groups is 1. The average molecular weight is 539 g/mol. The number of hydrogen-bond donors (Lipinski definition) is 1. The van der Waals surface area contributed by atoms with Gasteiger partial charge in [0.25, 0.3) is 15.7 Å². The van der Waals surface area contributed by atoms with E-state index in [-0.39, 0.29) is 0 Å². The number of rotatable bonds is 6. The molecule has 0 saturated heterocycles. The summed E-state index contributed by atoms with van der Waals surface area (Å²) in [6, 6.07) is 4.61. The summed E-state index contributed by atoms with van der Waals surface area (Å²) in [6.07, 6.45) is -5.90. The number of benzene rings is 2. The van der Waals surface area contributed by atoms with Crippen molar-refractivity contribution in [3.8, 4) is 11.1 Å². The van der Waals surface area contributed by atoms with E-state index in [0.29, 0.717) is 6.07 Å². The Bertz CT molecular complexity index is 1260. The van der Waals surface area contributed by atoms with E-state index in [9.17, 15) is 48.7 Å². The van der Waals surface area contributed by atoms with Gasteiger partial charge in [-0.2, -0.15) is 35.7 Å². The molecule has 0 atom stereocenters. The summed E-state index contributed by atoms with van der Waals surface area (Å²) in [5.41, 5.74) is -2.61. The normalized spacial score (nSPS) is 12.8. The third-order valence-corrected chi connectivity index (χ3v) is 6.55. The molecule has 1 amide bonds. The van der Waals surface area contributed by atoms with E-state index >= 15 is 0 Å². The van der Waals surface area contributed by atoms with Gasteiger partial charge in [-0.05, 0) is 12.1 Å². The minimum Gasteiger partial charge on any atom is -0.268 e. The molecule has 0 heterocycles. The van der Waals surface area contributed by atoms with Crippen molar-refractivity contribution in [1.29, 1.82) is 0 Å². The molecule has 33 heavy (non-hydrogen) atoms. The van der Waals surface area contributed by atoms with E-state index < -0.39 is 65.4 Å². The van der Waals surface area contributed by atoms with Crippen molar-refractivity contribution in [3.05, 3.63) is 47.0 Å². The summed E-state index contributed by atoms with van der Waals surface area (Å²) < 4.78 is 118. The number of sulfone groups is 1. The quantitative estimate of drug-likeness (QED) is 0.230. The molecular formula is C17H7Cl2F7N2O4S. The molecule has 0 radical (unpaired) electrons. The maximum absolute atomic E-state index is 14.2. The second kappa shape index (κ2) is 8.93. The number of nitrogens with zero attached hydrogens (tertiary/aromatic N) is 1. The number of nitrogens with one attached hydrogen (secondary N) is 1. The highest BCUT2D eigenvalue weighted by molar-refractivity contribution is 7.92. The standard InChI is InChI=1S/C17H7Cl2F7N2O4S/c18-12-10(14(30)28-19)6-5-9(13(12)27-7-29)8-3-1-2-4-11(8)33(31,32)17(25,26)15(20,21)16(22,23)24/h1-6H,(H,28,30). The van der Waals surface area contributed by atoms with Crippen LogP contribution in [0.2, 0.25) is 5.02 Å². The van der Waals surface area contributed by atoms with Crippen LogP contribution in [0.5, 0.6) is 0 Å². The highest BCUT2D eigenvalue weighted by Gasteiger charge is 2.78. The Morgan fingerprint density at radius 3 is 2.06 bits per heavy atom. The number of amides is 1. The second-order valence-corrected chi connectivity index (χ2v) is 8.56. The first-order valence-corrected chi connectivity index (χ1v) is 10.3. The van der Waals surface area contributed by atoms with Gasteiger partial charge < -0.3 is 0 Å². The van der Waals surface area contributed by atoms with Crippen LogP contribution in [-0.2, 0) is 14.6 Å². The van der Waals surface area contributed by atoms with E-state index in [1.807, 2.05) is 0 Å². The van der Waals surface area contributed by atoms with Crippen LogP contribution < -0.4 is 4.84 Å². The number of halogens is 9. The van der Waals surface area contributed by atoms with Crippen molar-refractivity contribution in [2.75, 3.05) is 0 Å². The van der Waals surface area contributed by atoms with Gasteiger partial charge in [0, 0.05) is 22.9 Å². The van der Waals surface area contributed by atoms with E-state index in [2.05, 4.69) is 4.99 Å². The van der Waals surface area contributed by atoms with Crippen molar-refractivity contribution >= 4 is 50.9 Å². The highest BCUT2D eigenvalue weighted by Crippen LogP contribution is 2.52. The van der Waals surface area contributed by atoms with E-state index in [4.69, 9.17) is 23.4 Å². The molecule has 0 aliphatic carbocycles. The first-order valence-electron chi connectivity index (χ1n) is 8.04. The van der Waals surface area contributed by atoms with Gasteiger partial charge in [-0.15, -0.1) is 0 Å². The van der Waals surface area contributed by atoms with Crippen LogP contribution in [0.15, 0.2) is 46.3 Å². The van der Waals surface area contributed by atoms with Crippen molar-refractivity contribution in [1.82, 2.24) is 4.84 Å². The SMILES string of the molecule is O=C=Nc1c(-c2ccccc2S(=O)(=O)C(F)(F)C(F)(F)C(F)(F)F)ccc(C(=O)NCl)c1Cl. The van der Waals surface area contributed by atoms with E-state index in [1.54, 1.807) is 4.84 Å². The Labute approximate surface area is 190 Å². The average Bonchev–Trinajstić information content (AvgIpc) is 2.73. The van der Waals surface area contributed by atoms with E-state index in [0.717, 1.165) is 36.4 Å². The third kappa shape index (κ3) is 4.31. The van der Waals surface area contributed by atoms with Crippen LogP contribution in [-0.4, -0.2) is 37.8 Å². The molecule has 2 rings (SSSR count). The number of aliphatic imine (C=N–C) groups is 1. The lowest BCUT2D eigenvalue weighted by Gasteiger charge is -2.28. The van der Waals surface area contributed by atoms with E-state index in [1.165, 1.54) is 0 Å². The molecule has 16 heteroatoms. The van der Waals surface area contributed by atoms with Gasteiger partial charge in [-0.25, -0.2) is 13.2 Å². The first kappa shape index (κ1) is 26.6. The monoisotopic (exact) mass is 538 g/mol. The lowest BCUT2D eigenvalue weighted by Crippen LogP contribution is -2.55. The van der Waals surface area contributed by atoms with Gasteiger partial charge in [0.1, 0.15) is 5.69 Å². The number of alkyl halides is 7. The fourth-order valence-corrected chi connectivity index (χ4v) is 4.41. The Hall–Kier alpha value is -2.67. The second-order valence-electron chi connectivity index (χ2n) is 6.04. The van der Waals surface area contributed by atoms with Crippen LogP contribution >= 0.6 is 23.4 Å². The maximum Gasteiger partial charge on any atom is 0.461 e. The van der Waals surface area contributed by atoms with Gasteiger partial charge in [0.05, 0.1) is 15.5 Å². The minimum atomic E-state index is -6.96. The zero-order chi connectivity index (χ0) is 25.4. The van der Waals surface area contributed by atoms with Gasteiger partial charge in [0.15, 0.2) is 0 Å². The third-order valence-electron chi connectivity index (χ3n) is 4.13. The van der Waals surface area contributed by atoms with Gasteiger partial charge >= 0.3 is 17.4 Å². The zero-order valence-electron chi connectivity index (χ0n) is 15.4. The largest absolute Gasteiger partial charge is 0.461 e. The fourth-order valence-electron chi connectivity index (χ4n) is 2.56. The smallest absolute Gasteiger partial charge is 0.268 e. The summed E-state index contributed by atoms with van der Waals surface area (Å²) in [7, 11) is -6.72. The summed E-state index contributed by atoms with van der Waals surface area (Å²) in [6.45, 7) is 0. The Morgan fingerprint density at radius 2 is 1.55 bits per heavy atom. The van der Waals surface area contributed by atoms with Crippen molar-refractivity contribution < 1.29 is 48.7 Å². The molecule has 0 aromatic heterocycles. The summed E-state index contributed by atoms with van der Waals surface area (Å²) in [5, 5.41) is -7.29. The minimum absolute atomic E-state index is 0.340. The van der Waals surface area contributed by atoms with Crippen LogP contribution in [0.4, 0.5) is 36.4 Å². The molecule has 0 saturated carbocycles. The zero-order valence-corrected chi connectivity index (χ0v) is 17.7. The van der Waals surface area contributed by atoms with Gasteiger partial charge in [-0.1, -0.05) is 35.9 Å². The Morgan fingerprint density at radius 1 is 0.970 bits per heavy atom. The molecule has 0 aliphatic rings. The molecule has 6 nitrogen and oxygen atoms in total. The molecule has 0 bridgehead atoms. The number of hydrogen-bond acceptors (Lipinski definition) is 5. The molecule has 0 spiro atoms.